The van der Waals surface area contributed by atoms with Gasteiger partial charge < -0.3 is 10.2 Å². The predicted molar refractivity (Wildman–Crippen MR) is 157 cm³/mol. The molecule has 0 aliphatic heterocycles. The molecule has 0 saturated heterocycles. The summed E-state index contributed by atoms with van der Waals surface area (Å²) in [6, 6.07) is 19.0. The van der Waals surface area contributed by atoms with E-state index in [-0.39, 0.29) is 39.1 Å². The van der Waals surface area contributed by atoms with Crippen LogP contribution in [-0.2, 0) is 26.2 Å². The van der Waals surface area contributed by atoms with E-state index in [1.54, 1.807) is 12.1 Å². The van der Waals surface area contributed by atoms with Crippen LogP contribution in [0.2, 0.25) is 10.0 Å². The molecule has 0 aromatic heterocycles. The van der Waals surface area contributed by atoms with Gasteiger partial charge in [-0.25, -0.2) is 8.42 Å². The number of nitrogens with one attached hydrogen (secondary N) is 1. The minimum atomic E-state index is -4.21. The van der Waals surface area contributed by atoms with Crippen molar-refractivity contribution < 1.29 is 18.0 Å². The van der Waals surface area contributed by atoms with E-state index in [0.717, 1.165) is 15.4 Å². The first kappa shape index (κ1) is 30.5. The molecule has 0 saturated carbocycles. The summed E-state index contributed by atoms with van der Waals surface area (Å²) in [5.74, 6) is -0.855. The number of sulfonamides is 1. The van der Waals surface area contributed by atoms with Gasteiger partial charge in [-0.3, -0.25) is 13.9 Å². The first-order valence-electron chi connectivity index (χ1n) is 12.6. The molecule has 0 radical (unpaired) electrons. The van der Waals surface area contributed by atoms with Crippen LogP contribution in [0.1, 0.15) is 38.3 Å². The third-order valence-electron chi connectivity index (χ3n) is 6.04. The van der Waals surface area contributed by atoms with Gasteiger partial charge in [0, 0.05) is 22.6 Å². The van der Waals surface area contributed by atoms with Gasteiger partial charge in [0.05, 0.1) is 10.6 Å². The van der Waals surface area contributed by atoms with Crippen molar-refractivity contribution in [3.63, 3.8) is 0 Å². The second-order valence-corrected chi connectivity index (χ2v) is 12.3. The summed E-state index contributed by atoms with van der Waals surface area (Å²) in [5.41, 5.74) is 1.83. The first-order valence-corrected chi connectivity index (χ1v) is 14.8. The minimum Gasteiger partial charge on any atom is -0.352 e. The van der Waals surface area contributed by atoms with Crippen molar-refractivity contribution in [1.82, 2.24) is 10.2 Å². The molecule has 0 bridgehead atoms. The van der Waals surface area contributed by atoms with Crippen LogP contribution in [-0.4, -0.2) is 43.8 Å². The maximum atomic E-state index is 14.0. The number of nitrogens with zero attached hydrogens (tertiary/aromatic N) is 2. The number of carbonyl (C=O) groups excluding carboxylic acids is 2. The van der Waals surface area contributed by atoms with Crippen molar-refractivity contribution in [2.24, 2.45) is 0 Å². The normalized spacial score (nSPS) is 12.2. The molecule has 0 heterocycles. The fraction of sp³-hybridized carbons (Fsp3) is 0.310. The Bertz CT molecular complexity index is 1380. The highest BCUT2D eigenvalue weighted by Crippen LogP contribution is 2.30. The van der Waals surface area contributed by atoms with Gasteiger partial charge in [-0.2, -0.15) is 0 Å². The molecule has 39 heavy (non-hydrogen) atoms. The lowest BCUT2D eigenvalue weighted by Gasteiger charge is -2.33. The van der Waals surface area contributed by atoms with E-state index in [2.05, 4.69) is 5.32 Å². The van der Waals surface area contributed by atoms with Gasteiger partial charge in [0.15, 0.2) is 0 Å². The van der Waals surface area contributed by atoms with Gasteiger partial charge in [0.1, 0.15) is 12.6 Å². The van der Waals surface area contributed by atoms with Gasteiger partial charge in [0.2, 0.25) is 11.8 Å². The summed E-state index contributed by atoms with van der Waals surface area (Å²) < 4.78 is 28.8. The van der Waals surface area contributed by atoms with Crippen LogP contribution in [0.4, 0.5) is 5.69 Å². The molecule has 0 aliphatic carbocycles. The lowest BCUT2D eigenvalue weighted by molar-refractivity contribution is -0.140. The van der Waals surface area contributed by atoms with Gasteiger partial charge >= 0.3 is 0 Å². The molecule has 208 valence electrons. The number of carbonyl (C=O) groups is 2. The van der Waals surface area contributed by atoms with Gasteiger partial charge in [-0.1, -0.05) is 78.2 Å². The number of amides is 2. The number of hydrogen-bond acceptors (Lipinski definition) is 4. The molecule has 0 unspecified atom stereocenters. The van der Waals surface area contributed by atoms with Crippen LogP contribution in [0.15, 0.2) is 77.7 Å². The number of benzene rings is 3. The van der Waals surface area contributed by atoms with E-state index in [4.69, 9.17) is 23.2 Å². The molecule has 1 N–H and O–H groups in total. The standard InChI is InChI=1S/C29H33Cl2N3O4S/c1-5-27(29(36)32-20(2)3)33(18-22-9-7-6-8-10-22)28(35)19-34(25-16-23(30)15-24(31)17-25)39(37,38)26-13-11-21(4)12-14-26/h6-17,20,27H,5,18-19H2,1-4H3,(H,32,36)/t27-/m1/s1. The molecule has 7 nitrogen and oxygen atoms in total. The van der Waals surface area contributed by atoms with Crippen molar-refractivity contribution in [3.8, 4) is 0 Å². The van der Waals surface area contributed by atoms with Crippen molar-refractivity contribution >= 4 is 50.7 Å². The second kappa shape index (κ2) is 13.3. The Hall–Kier alpha value is -3.07. The SMILES string of the molecule is CC[C@H](C(=O)NC(C)C)N(Cc1ccccc1)C(=O)CN(c1cc(Cl)cc(Cl)c1)S(=O)(=O)c1ccc(C)cc1. The van der Waals surface area contributed by atoms with Gasteiger partial charge in [-0.05, 0) is 63.1 Å². The Morgan fingerprint density at radius 1 is 0.923 bits per heavy atom. The third-order valence-corrected chi connectivity index (χ3v) is 8.26. The van der Waals surface area contributed by atoms with E-state index < -0.39 is 28.5 Å². The Morgan fingerprint density at radius 2 is 1.51 bits per heavy atom. The van der Waals surface area contributed by atoms with Crippen LogP contribution >= 0.6 is 23.2 Å². The van der Waals surface area contributed by atoms with Crippen molar-refractivity contribution in [1.29, 1.82) is 0 Å². The highest BCUT2D eigenvalue weighted by atomic mass is 35.5. The molecule has 1 atom stereocenters. The molecule has 0 spiro atoms. The van der Waals surface area contributed by atoms with E-state index >= 15 is 0 Å². The first-order chi connectivity index (χ1) is 18.4. The van der Waals surface area contributed by atoms with Crippen LogP contribution in [0.5, 0.6) is 0 Å². The predicted octanol–water partition coefficient (Wildman–Crippen LogP) is 5.83. The molecule has 3 aromatic carbocycles. The van der Waals surface area contributed by atoms with Crippen LogP contribution < -0.4 is 9.62 Å². The summed E-state index contributed by atoms with van der Waals surface area (Å²) in [5, 5.41) is 3.32. The Kier molecular flexibility index (Phi) is 10.4. The fourth-order valence-electron chi connectivity index (χ4n) is 4.13. The number of halogens is 2. The lowest BCUT2D eigenvalue weighted by Crippen LogP contribution is -2.53. The largest absolute Gasteiger partial charge is 0.352 e. The molecule has 10 heteroatoms. The van der Waals surface area contributed by atoms with Crippen molar-refractivity contribution in [3.05, 3.63) is 94.0 Å². The number of aryl methyl sites for hydroxylation is 1. The summed E-state index contributed by atoms with van der Waals surface area (Å²) in [4.78, 5) is 28.6. The smallest absolute Gasteiger partial charge is 0.264 e. The highest BCUT2D eigenvalue weighted by Gasteiger charge is 2.34. The van der Waals surface area contributed by atoms with Crippen LogP contribution in [0, 0.1) is 6.92 Å². The average molecular weight is 591 g/mol. The third kappa shape index (κ3) is 7.97. The highest BCUT2D eigenvalue weighted by molar-refractivity contribution is 7.92. The zero-order chi connectivity index (χ0) is 28.7. The Labute approximate surface area is 240 Å². The quantitative estimate of drug-likeness (QED) is 0.305. The fourth-order valence-corrected chi connectivity index (χ4v) is 6.04. The van der Waals surface area contributed by atoms with Gasteiger partial charge in [0.25, 0.3) is 10.0 Å². The number of rotatable bonds is 11. The molecule has 0 fully saturated rings. The van der Waals surface area contributed by atoms with E-state index in [9.17, 15) is 18.0 Å². The lowest BCUT2D eigenvalue weighted by atomic mass is 10.1. The second-order valence-electron chi connectivity index (χ2n) is 9.55. The Balaban J connectivity index is 2.08. The van der Waals surface area contributed by atoms with Crippen molar-refractivity contribution in [2.75, 3.05) is 10.8 Å². The Morgan fingerprint density at radius 3 is 2.05 bits per heavy atom. The van der Waals surface area contributed by atoms with Gasteiger partial charge in [-0.15, -0.1) is 0 Å². The van der Waals surface area contributed by atoms with E-state index in [1.807, 2.05) is 58.0 Å². The molecule has 2 amide bonds. The molecular formula is C29H33Cl2N3O4S. The maximum absolute atomic E-state index is 14.0. The summed E-state index contributed by atoms with van der Waals surface area (Å²) in [6.45, 7) is 6.90. The molecular weight excluding hydrogens is 557 g/mol. The zero-order valence-electron chi connectivity index (χ0n) is 22.4. The molecule has 3 aromatic rings. The molecule has 0 aliphatic rings. The minimum absolute atomic E-state index is 0.0104. The zero-order valence-corrected chi connectivity index (χ0v) is 24.7. The average Bonchev–Trinajstić information content (AvgIpc) is 2.86. The monoisotopic (exact) mass is 589 g/mol. The van der Waals surface area contributed by atoms with E-state index in [0.29, 0.717) is 6.42 Å². The van der Waals surface area contributed by atoms with Crippen LogP contribution in [0.25, 0.3) is 0 Å². The summed E-state index contributed by atoms with van der Waals surface area (Å²) >= 11 is 12.5. The summed E-state index contributed by atoms with van der Waals surface area (Å²) in [7, 11) is -4.21. The van der Waals surface area contributed by atoms with E-state index in [1.165, 1.54) is 35.2 Å². The topological polar surface area (TPSA) is 86.8 Å². The number of hydrogen-bond donors (Lipinski definition) is 1. The van der Waals surface area contributed by atoms with Crippen LogP contribution in [0.3, 0.4) is 0 Å². The van der Waals surface area contributed by atoms with Crippen molar-refractivity contribution in [2.45, 2.75) is 57.6 Å². The molecule has 3 rings (SSSR count). The number of anilines is 1. The summed E-state index contributed by atoms with van der Waals surface area (Å²) in [6.07, 6.45) is 0.338. The maximum Gasteiger partial charge on any atom is 0.264 e.